The predicted molar refractivity (Wildman–Crippen MR) is 136 cm³/mol. The normalized spacial score (nSPS) is 10.7. The second-order valence-electron chi connectivity index (χ2n) is 7.87. The van der Waals surface area contributed by atoms with Crippen LogP contribution in [0.25, 0.3) is 10.9 Å². The molecule has 7 heteroatoms. The zero-order valence-corrected chi connectivity index (χ0v) is 18.4. The van der Waals surface area contributed by atoms with E-state index in [9.17, 15) is 13.6 Å². The van der Waals surface area contributed by atoms with Gasteiger partial charge in [-0.1, -0.05) is 24.3 Å². The van der Waals surface area contributed by atoms with Gasteiger partial charge in [0.15, 0.2) is 0 Å². The van der Waals surface area contributed by atoms with Gasteiger partial charge in [-0.3, -0.25) is 9.78 Å². The summed E-state index contributed by atoms with van der Waals surface area (Å²) >= 11 is 0. The summed E-state index contributed by atoms with van der Waals surface area (Å²) < 4.78 is 28.2. The van der Waals surface area contributed by atoms with Crippen molar-refractivity contribution in [1.29, 1.82) is 0 Å². The molecule has 1 amide bonds. The Morgan fingerprint density at radius 3 is 2.34 bits per heavy atom. The molecule has 4 aromatic carbocycles. The van der Waals surface area contributed by atoms with E-state index in [0.717, 1.165) is 5.69 Å². The lowest BCUT2D eigenvalue weighted by Crippen LogP contribution is -2.13. The molecule has 35 heavy (non-hydrogen) atoms. The number of halogens is 2. The van der Waals surface area contributed by atoms with Gasteiger partial charge < -0.3 is 16.0 Å². The van der Waals surface area contributed by atoms with Gasteiger partial charge >= 0.3 is 0 Å². The summed E-state index contributed by atoms with van der Waals surface area (Å²) in [6, 6.07) is 26.8. The van der Waals surface area contributed by atoms with E-state index < -0.39 is 11.7 Å². The van der Waals surface area contributed by atoms with Crippen LogP contribution in [0.4, 0.5) is 37.2 Å². The Balaban J connectivity index is 1.35. The highest BCUT2D eigenvalue weighted by Crippen LogP contribution is 2.27. The quantitative estimate of drug-likeness (QED) is 0.247. The van der Waals surface area contributed by atoms with Crippen LogP contribution in [0.1, 0.15) is 10.4 Å². The molecular weight excluding hydrogens is 446 g/mol. The topological polar surface area (TPSA) is 66.1 Å². The summed E-state index contributed by atoms with van der Waals surface area (Å²) in [5.74, 6) is -1.38. The lowest BCUT2D eigenvalue weighted by molar-refractivity contribution is 0.102. The first kappa shape index (κ1) is 22.0. The number of amides is 1. The zero-order chi connectivity index (χ0) is 24.2. The Labute approximate surface area is 200 Å². The molecule has 1 aromatic heterocycles. The van der Waals surface area contributed by atoms with Crippen LogP contribution < -0.4 is 16.0 Å². The summed E-state index contributed by atoms with van der Waals surface area (Å²) in [6.45, 7) is 0. The molecule has 0 aliphatic rings. The zero-order valence-electron chi connectivity index (χ0n) is 18.4. The highest BCUT2D eigenvalue weighted by Gasteiger charge is 2.12. The van der Waals surface area contributed by atoms with Gasteiger partial charge in [-0.25, -0.2) is 8.78 Å². The fraction of sp³-hybridized carbons (Fsp3) is 0. The first-order valence-electron chi connectivity index (χ1n) is 10.9. The minimum Gasteiger partial charge on any atom is -0.355 e. The second-order valence-corrected chi connectivity index (χ2v) is 7.87. The molecule has 0 unspecified atom stereocenters. The van der Waals surface area contributed by atoms with Crippen LogP contribution in [0.3, 0.4) is 0 Å². The van der Waals surface area contributed by atoms with Crippen molar-refractivity contribution >= 4 is 45.2 Å². The number of carbonyl (C=O) groups is 1. The fourth-order valence-electron chi connectivity index (χ4n) is 3.70. The van der Waals surface area contributed by atoms with Crippen LogP contribution in [0.15, 0.2) is 103 Å². The summed E-state index contributed by atoms with van der Waals surface area (Å²) in [4.78, 5) is 17.2. The minimum absolute atomic E-state index is 0.0601. The molecular formula is C28H20F2N4O. The van der Waals surface area contributed by atoms with E-state index in [4.69, 9.17) is 0 Å². The molecule has 5 rings (SSSR count). The maximum absolute atomic E-state index is 14.4. The highest BCUT2D eigenvalue weighted by molar-refractivity contribution is 6.05. The van der Waals surface area contributed by atoms with E-state index in [2.05, 4.69) is 20.9 Å². The molecule has 0 fully saturated rings. The van der Waals surface area contributed by atoms with Crippen LogP contribution >= 0.6 is 0 Å². The van der Waals surface area contributed by atoms with Crippen molar-refractivity contribution in [1.82, 2.24) is 4.98 Å². The van der Waals surface area contributed by atoms with E-state index >= 15 is 0 Å². The van der Waals surface area contributed by atoms with Crippen molar-refractivity contribution in [2.24, 2.45) is 0 Å². The molecule has 0 radical (unpaired) electrons. The Morgan fingerprint density at radius 2 is 1.49 bits per heavy atom. The molecule has 5 aromatic rings. The number of rotatable bonds is 6. The molecule has 1 heterocycles. The molecule has 0 aliphatic carbocycles. The number of nitrogens with zero attached hydrogens (tertiary/aromatic N) is 1. The largest absolute Gasteiger partial charge is 0.355 e. The van der Waals surface area contributed by atoms with Gasteiger partial charge in [0, 0.05) is 39.9 Å². The third kappa shape index (κ3) is 5.09. The van der Waals surface area contributed by atoms with Gasteiger partial charge in [-0.05, 0) is 72.8 Å². The average Bonchev–Trinajstić information content (AvgIpc) is 2.87. The maximum Gasteiger partial charge on any atom is 0.255 e. The first-order chi connectivity index (χ1) is 17.0. The summed E-state index contributed by atoms with van der Waals surface area (Å²) in [7, 11) is 0. The standard InChI is InChI=1S/C28H20F2N4O/c29-19-9-12-25-23(16-19)26(13-14-31-25)33-21-8-4-5-18(15-21)28(35)34-27-17-22(10-11-24(27)30)32-20-6-2-1-3-7-20/h1-17,32H,(H,31,33)(H,34,35). The van der Waals surface area contributed by atoms with E-state index in [1.54, 1.807) is 54.7 Å². The van der Waals surface area contributed by atoms with Gasteiger partial charge in [-0.15, -0.1) is 0 Å². The number of anilines is 5. The second kappa shape index (κ2) is 9.61. The van der Waals surface area contributed by atoms with Gasteiger partial charge in [0.2, 0.25) is 0 Å². The number of nitrogens with one attached hydrogen (secondary N) is 3. The molecule has 0 bridgehead atoms. The van der Waals surface area contributed by atoms with Crippen molar-refractivity contribution < 1.29 is 13.6 Å². The van der Waals surface area contributed by atoms with Gasteiger partial charge in [-0.2, -0.15) is 0 Å². The molecule has 0 aliphatic heterocycles. The molecule has 172 valence electrons. The van der Waals surface area contributed by atoms with Gasteiger partial charge in [0.25, 0.3) is 5.91 Å². The first-order valence-corrected chi connectivity index (χ1v) is 10.9. The van der Waals surface area contributed by atoms with Crippen molar-refractivity contribution in [3.63, 3.8) is 0 Å². The van der Waals surface area contributed by atoms with E-state index in [1.165, 1.54) is 18.2 Å². The molecule has 0 spiro atoms. The average molecular weight is 466 g/mol. The van der Waals surface area contributed by atoms with Crippen LogP contribution in [-0.2, 0) is 0 Å². The number of para-hydroxylation sites is 1. The fourth-order valence-corrected chi connectivity index (χ4v) is 3.70. The number of aromatic nitrogens is 1. The van der Waals surface area contributed by atoms with Gasteiger partial charge in [0.1, 0.15) is 11.6 Å². The monoisotopic (exact) mass is 466 g/mol. The van der Waals surface area contributed by atoms with Crippen LogP contribution in [0, 0.1) is 11.6 Å². The van der Waals surface area contributed by atoms with Crippen LogP contribution in [0.5, 0.6) is 0 Å². The third-order valence-corrected chi connectivity index (χ3v) is 5.38. The molecule has 3 N–H and O–H groups in total. The number of hydrogen-bond acceptors (Lipinski definition) is 4. The lowest BCUT2D eigenvalue weighted by atomic mass is 10.1. The summed E-state index contributed by atoms with van der Waals surface area (Å²) in [5, 5.41) is 9.65. The van der Waals surface area contributed by atoms with Crippen LogP contribution in [-0.4, -0.2) is 10.9 Å². The maximum atomic E-state index is 14.4. The number of hydrogen-bond donors (Lipinski definition) is 3. The molecule has 0 saturated carbocycles. The lowest BCUT2D eigenvalue weighted by Gasteiger charge is -2.12. The van der Waals surface area contributed by atoms with E-state index in [-0.39, 0.29) is 11.5 Å². The Morgan fingerprint density at radius 1 is 0.686 bits per heavy atom. The number of pyridine rings is 1. The van der Waals surface area contributed by atoms with Crippen molar-refractivity contribution in [2.45, 2.75) is 0 Å². The number of benzene rings is 4. The van der Waals surface area contributed by atoms with Crippen molar-refractivity contribution in [2.75, 3.05) is 16.0 Å². The SMILES string of the molecule is O=C(Nc1cc(Nc2ccccc2)ccc1F)c1cccc(Nc2ccnc3ccc(F)cc23)c1. The van der Waals surface area contributed by atoms with E-state index in [1.807, 2.05) is 30.3 Å². The third-order valence-electron chi connectivity index (χ3n) is 5.38. The number of fused-ring (bicyclic) bond motifs is 1. The summed E-state index contributed by atoms with van der Waals surface area (Å²) in [5.41, 5.74) is 3.79. The Kier molecular flexibility index (Phi) is 6.05. The van der Waals surface area contributed by atoms with Crippen molar-refractivity contribution in [3.05, 3.63) is 120 Å². The Hall–Kier alpha value is -4.78. The minimum atomic E-state index is -0.545. The molecule has 5 nitrogen and oxygen atoms in total. The number of carbonyl (C=O) groups excluding carboxylic acids is 1. The smallest absolute Gasteiger partial charge is 0.255 e. The Bertz CT molecular complexity index is 1520. The van der Waals surface area contributed by atoms with Crippen molar-refractivity contribution in [3.8, 4) is 0 Å². The molecule has 0 saturated heterocycles. The van der Waals surface area contributed by atoms with Gasteiger partial charge in [0.05, 0.1) is 11.2 Å². The highest BCUT2D eigenvalue weighted by atomic mass is 19.1. The summed E-state index contributed by atoms with van der Waals surface area (Å²) in [6.07, 6.45) is 1.62. The molecule has 0 atom stereocenters. The van der Waals surface area contributed by atoms with Crippen LogP contribution in [0.2, 0.25) is 0 Å². The predicted octanol–water partition coefficient (Wildman–Crippen LogP) is 7.25. The van der Waals surface area contributed by atoms with E-state index in [0.29, 0.717) is 33.5 Å².